The van der Waals surface area contributed by atoms with E-state index in [9.17, 15) is 5.11 Å². The average Bonchev–Trinajstić information content (AvgIpc) is 2.60. The molecule has 124 valence electrons. The molecular formula is C20H27NO2. The van der Waals surface area contributed by atoms with Crippen LogP contribution in [0.5, 0.6) is 0 Å². The second-order valence-electron chi connectivity index (χ2n) is 5.80. The van der Waals surface area contributed by atoms with Gasteiger partial charge < -0.3 is 15.2 Å². The number of rotatable bonds is 11. The van der Waals surface area contributed by atoms with Crippen molar-refractivity contribution in [2.45, 2.75) is 32.0 Å². The first-order chi connectivity index (χ1) is 11.3. The van der Waals surface area contributed by atoms with Gasteiger partial charge in [-0.2, -0.15) is 0 Å². The maximum atomic E-state index is 9.87. The monoisotopic (exact) mass is 313 g/mol. The van der Waals surface area contributed by atoms with E-state index in [1.165, 1.54) is 5.56 Å². The maximum absolute atomic E-state index is 9.87. The predicted molar refractivity (Wildman–Crippen MR) is 94.4 cm³/mol. The van der Waals surface area contributed by atoms with E-state index < -0.39 is 6.10 Å². The highest BCUT2D eigenvalue weighted by Gasteiger charge is 2.03. The van der Waals surface area contributed by atoms with Crippen LogP contribution in [0.25, 0.3) is 0 Å². The normalized spacial score (nSPS) is 12.2. The van der Waals surface area contributed by atoms with Crippen molar-refractivity contribution < 1.29 is 9.84 Å². The van der Waals surface area contributed by atoms with E-state index in [1.807, 2.05) is 36.4 Å². The molecule has 0 saturated carbocycles. The van der Waals surface area contributed by atoms with Gasteiger partial charge in [0.15, 0.2) is 0 Å². The molecule has 0 aromatic heterocycles. The summed E-state index contributed by atoms with van der Waals surface area (Å²) in [6.07, 6.45) is 2.95. The Balaban J connectivity index is 1.44. The molecule has 23 heavy (non-hydrogen) atoms. The molecule has 2 aromatic rings. The van der Waals surface area contributed by atoms with Crippen LogP contribution in [-0.4, -0.2) is 30.9 Å². The lowest BCUT2D eigenvalue weighted by Gasteiger charge is -2.12. The van der Waals surface area contributed by atoms with Crippen LogP contribution in [0.1, 0.15) is 24.0 Å². The second-order valence-corrected chi connectivity index (χ2v) is 5.80. The van der Waals surface area contributed by atoms with Crippen molar-refractivity contribution in [3.63, 3.8) is 0 Å². The van der Waals surface area contributed by atoms with E-state index in [0.717, 1.165) is 31.4 Å². The minimum atomic E-state index is -0.451. The van der Waals surface area contributed by atoms with E-state index in [2.05, 4.69) is 29.6 Å². The molecule has 1 atom stereocenters. The average molecular weight is 313 g/mol. The van der Waals surface area contributed by atoms with Crippen molar-refractivity contribution in [2.75, 3.05) is 19.7 Å². The van der Waals surface area contributed by atoms with Gasteiger partial charge in [0.1, 0.15) is 0 Å². The SMILES string of the molecule is O[C@@H](CNCCCCc1ccccc1)COCc1ccccc1. The zero-order valence-corrected chi connectivity index (χ0v) is 13.7. The lowest BCUT2D eigenvalue weighted by atomic mass is 10.1. The molecule has 0 unspecified atom stereocenters. The van der Waals surface area contributed by atoms with Crippen molar-refractivity contribution in [1.82, 2.24) is 5.32 Å². The zero-order chi connectivity index (χ0) is 16.2. The van der Waals surface area contributed by atoms with Crippen molar-refractivity contribution >= 4 is 0 Å². The molecule has 0 aliphatic heterocycles. The number of aliphatic hydroxyl groups is 1. The largest absolute Gasteiger partial charge is 0.389 e. The summed E-state index contributed by atoms with van der Waals surface area (Å²) >= 11 is 0. The highest BCUT2D eigenvalue weighted by atomic mass is 16.5. The second kappa shape index (κ2) is 10.9. The lowest BCUT2D eigenvalue weighted by Crippen LogP contribution is -2.31. The molecule has 0 fully saturated rings. The fourth-order valence-corrected chi connectivity index (χ4v) is 2.44. The molecule has 0 saturated heterocycles. The molecule has 3 nitrogen and oxygen atoms in total. The predicted octanol–water partition coefficient (Wildman–Crippen LogP) is 3.18. The van der Waals surface area contributed by atoms with Gasteiger partial charge in [0.05, 0.1) is 19.3 Å². The Bertz CT molecular complexity index is 516. The minimum Gasteiger partial charge on any atom is -0.389 e. The molecule has 2 N–H and O–H groups in total. The third kappa shape index (κ3) is 7.93. The molecule has 0 heterocycles. The third-order valence-electron chi connectivity index (χ3n) is 3.71. The van der Waals surface area contributed by atoms with Gasteiger partial charge in [0.2, 0.25) is 0 Å². The Kier molecular flexibility index (Phi) is 8.41. The first kappa shape index (κ1) is 17.7. The van der Waals surface area contributed by atoms with Crippen LogP contribution in [0.15, 0.2) is 60.7 Å². The number of aliphatic hydroxyl groups excluding tert-OH is 1. The highest BCUT2D eigenvalue weighted by molar-refractivity contribution is 5.14. The highest BCUT2D eigenvalue weighted by Crippen LogP contribution is 2.04. The summed E-state index contributed by atoms with van der Waals surface area (Å²) in [6, 6.07) is 20.6. The molecule has 0 aliphatic carbocycles. The quantitative estimate of drug-likeness (QED) is 0.626. The Hall–Kier alpha value is -1.68. The summed E-state index contributed by atoms with van der Waals surface area (Å²) in [5, 5.41) is 13.2. The zero-order valence-electron chi connectivity index (χ0n) is 13.7. The molecule has 0 amide bonds. The van der Waals surface area contributed by atoms with Crippen molar-refractivity contribution in [2.24, 2.45) is 0 Å². The van der Waals surface area contributed by atoms with Crippen LogP contribution in [0.4, 0.5) is 0 Å². The van der Waals surface area contributed by atoms with E-state index in [0.29, 0.717) is 19.8 Å². The summed E-state index contributed by atoms with van der Waals surface area (Å²) < 4.78 is 5.53. The van der Waals surface area contributed by atoms with Crippen molar-refractivity contribution in [1.29, 1.82) is 0 Å². The van der Waals surface area contributed by atoms with Crippen LogP contribution in [0.3, 0.4) is 0 Å². The van der Waals surface area contributed by atoms with Crippen molar-refractivity contribution in [3.8, 4) is 0 Å². The van der Waals surface area contributed by atoms with Crippen LogP contribution in [-0.2, 0) is 17.8 Å². The van der Waals surface area contributed by atoms with Crippen LogP contribution in [0.2, 0.25) is 0 Å². The summed E-state index contributed by atoms with van der Waals surface area (Å²) in [4.78, 5) is 0. The molecular weight excluding hydrogens is 286 g/mol. The van der Waals surface area contributed by atoms with Gasteiger partial charge in [-0.1, -0.05) is 60.7 Å². The summed E-state index contributed by atoms with van der Waals surface area (Å²) in [5.74, 6) is 0. The summed E-state index contributed by atoms with van der Waals surface area (Å²) in [7, 11) is 0. The Morgan fingerprint density at radius 2 is 1.52 bits per heavy atom. The van der Waals surface area contributed by atoms with Gasteiger partial charge in [-0.15, -0.1) is 0 Å². The number of benzene rings is 2. The van der Waals surface area contributed by atoms with Gasteiger partial charge >= 0.3 is 0 Å². The molecule has 3 heteroatoms. The summed E-state index contributed by atoms with van der Waals surface area (Å²) in [6.45, 7) is 2.43. The van der Waals surface area contributed by atoms with E-state index in [1.54, 1.807) is 0 Å². The number of aryl methyl sites for hydroxylation is 1. The molecule has 0 spiro atoms. The molecule has 2 rings (SSSR count). The van der Waals surface area contributed by atoms with Crippen LogP contribution >= 0.6 is 0 Å². The van der Waals surface area contributed by atoms with Gasteiger partial charge in [0, 0.05) is 6.54 Å². The number of nitrogens with one attached hydrogen (secondary N) is 1. The smallest absolute Gasteiger partial charge is 0.0897 e. The number of hydrogen-bond donors (Lipinski definition) is 2. The number of unbranched alkanes of at least 4 members (excludes halogenated alkanes) is 1. The molecule has 0 bridgehead atoms. The third-order valence-corrected chi connectivity index (χ3v) is 3.71. The first-order valence-corrected chi connectivity index (χ1v) is 8.39. The minimum absolute atomic E-state index is 0.367. The molecule has 2 aromatic carbocycles. The number of hydrogen-bond acceptors (Lipinski definition) is 3. The van der Waals surface area contributed by atoms with Crippen LogP contribution < -0.4 is 5.32 Å². The van der Waals surface area contributed by atoms with Crippen molar-refractivity contribution in [3.05, 3.63) is 71.8 Å². The maximum Gasteiger partial charge on any atom is 0.0897 e. The fourth-order valence-electron chi connectivity index (χ4n) is 2.44. The molecule has 0 radical (unpaired) electrons. The Morgan fingerprint density at radius 3 is 2.22 bits per heavy atom. The molecule has 0 aliphatic rings. The lowest BCUT2D eigenvalue weighted by molar-refractivity contribution is 0.0289. The van der Waals surface area contributed by atoms with Crippen LogP contribution in [0, 0.1) is 0 Å². The van der Waals surface area contributed by atoms with E-state index >= 15 is 0 Å². The van der Waals surface area contributed by atoms with Gasteiger partial charge in [-0.25, -0.2) is 0 Å². The van der Waals surface area contributed by atoms with E-state index in [-0.39, 0.29) is 0 Å². The van der Waals surface area contributed by atoms with Gasteiger partial charge in [-0.05, 0) is 36.9 Å². The Labute approximate surface area is 139 Å². The first-order valence-electron chi connectivity index (χ1n) is 8.39. The summed E-state index contributed by atoms with van der Waals surface area (Å²) in [5.41, 5.74) is 2.52. The Morgan fingerprint density at radius 1 is 0.870 bits per heavy atom. The van der Waals surface area contributed by atoms with E-state index in [4.69, 9.17) is 4.74 Å². The van der Waals surface area contributed by atoms with Gasteiger partial charge in [0.25, 0.3) is 0 Å². The topological polar surface area (TPSA) is 41.5 Å². The fraction of sp³-hybridized carbons (Fsp3) is 0.400. The standard InChI is InChI=1S/C20H27NO2/c22-20(17-23-16-19-12-5-2-6-13-19)15-21-14-8-7-11-18-9-3-1-4-10-18/h1-6,9-10,12-13,20-22H,7-8,11,14-17H2/t20-/m0/s1. The number of ether oxygens (including phenoxy) is 1. The van der Waals surface area contributed by atoms with Gasteiger partial charge in [-0.3, -0.25) is 0 Å².